The summed E-state index contributed by atoms with van der Waals surface area (Å²) in [5.74, 6) is 0. The lowest BCUT2D eigenvalue weighted by molar-refractivity contribution is 0.279. The Morgan fingerprint density at radius 3 is 2.24 bits per heavy atom. The van der Waals surface area contributed by atoms with Crippen molar-refractivity contribution in [1.29, 1.82) is 0 Å². The van der Waals surface area contributed by atoms with Crippen LogP contribution in [0.5, 0.6) is 0 Å². The number of aliphatic hydroxyl groups excluding tert-OH is 1. The Kier molecular flexibility index (Phi) is 4.68. The first kappa shape index (κ1) is 13.1. The summed E-state index contributed by atoms with van der Waals surface area (Å²) < 4.78 is 2.06. The molecule has 88 valence electrons. The molecule has 0 atom stereocenters. The van der Waals surface area contributed by atoms with Gasteiger partial charge < -0.3 is 5.11 Å². The van der Waals surface area contributed by atoms with Gasteiger partial charge in [0.1, 0.15) is 0 Å². The summed E-state index contributed by atoms with van der Waals surface area (Å²) in [6.07, 6.45) is 0. The highest BCUT2D eigenvalue weighted by atomic mass is 79.9. The third kappa shape index (κ3) is 3.58. The predicted molar refractivity (Wildman–Crippen MR) is 78.3 cm³/mol. The third-order valence-electron chi connectivity index (χ3n) is 2.23. The lowest BCUT2D eigenvalue weighted by atomic mass is 10.2. The molecule has 0 spiro atoms. The molecule has 2 aromatic carbocycles. The van der Waals surface area contributed by atoms with Crippen LogP contribution in [0.2, 0.25) is 0 Å². The van der Waals surface area contributed by atoms with E-state index in [1.54, 1.807) is 11.8 Å². The fourth-order valence-electron chi connectivity index (χ4n) is 1.40. The summed E-state index contributed by atoms with van der Waals surface area (Å²) in [7, 11) is 0. The fourth-order valence-corrected chi connectivity index (χ4v) is 2.99. The van der Waals surface area contributed by atoms with E-state index in [0.717, 1.165) is 24.3 Å². The monoisotopic (exact) mass is 372 g/mol. The third-order valence-corrected chi connectivity index (χ3v) is 4.38. The molecule has 0 aliphatic heterocycles. The lowest BCUT2D eigenvalue weighted by Gasteiger charge is -2.07. The Labute approximate surface area is 122 Å². The van der Waals surface area contributed by atoms with E-state index in [-0.39, 0.29) is 6.61 Å². The fraction of sp³-hybridized carbons (Fsp3) is 0.0769. The van der Waals surface area contributed by atoms with Crippen LogP contribution >= 0.6 is 43.6 Å². The van der Waals surface area contributed by atoms with E-state index >= 15 is 0 Å². The van der Waals surface area contributed by atoms with Crippen molar-refractivity contribution < 1.29 is 5.11 Å². The van der Waals surface area contributed by atoms with Crippen molar-refractivity contribution in [2.45, 2.75) is 16.4 Å². The molecule has 2 rings (SSSR count). The Morgan fingerprint density at radius 2 is 1.59 bits per heavy atom. The molecule has 0 saturated heterocycles. The van der Waals surface area contributed by atoms with Crippen LogP contribution in [-0.2, 0) is 6.61 Å². The van der Waals surface area contributed by atoms with Gasteiger partial charge in [-0.25, -0.2) is 0 Å². The van der Waals surface area contributed by atoms with Crippen molar-refractivity contribution in [3.8, 4) is 0 Å². The molecule has 0 aliphatic carbocycles. The first-order valence-corrected chi connectivity index (χ1v) is 7.42. The molecule has 4 heteroatoms. The van der Waals surface area contributed by atoms with Crippen molar-refractivity contribution in [2.24, 2.45) is 0 Å². The van der Waals surface area contributed by atoms with Crippen LogP contribution in [0.15, 0.2) is 61.2 Å². The summed E-state index contributed by atoms with van der Waals surface area (Å²) in [6.45, 7) is 0.0539. The van der Waals surface area contributed by atoms with E-state index in [4.69, 9.17) is 0 Å². The molecule has 2 aromatic rings. The van der Waals surface area contributed by atoms with Gasteiger partial charge in [-0.3, -0.25) is 0 Å². The molecular formula is C13H10Br2OS. The Balaban J connectivity index is 2.26. The van der Waals surface area contributed by atoms with Crippen LogP contribution in [0.25, 0.3) is 0 Å². The van der Waals surface area contributed by atoms with Crippen LogP contribution < -0.4 is 0 Å². The molecule has 17 heavy (non-hydrogen) atoms. The van der Waals surface area contributed by atoms with Crippen LogP contribution in [0.4, 0.5) is 0 Å². The first-order chi connectivity index (χ1) is 8.19. The van der Waals surface area contributed by atoms with Crippen molar-refractivity contribution in [1.82, 2.24) is 0 Å². The Hall–Kier alpha value is -0.290. The maximum atomic E-state index is 9.32. The quantitative estimate of drug-likeness (QED) is 0.829. The second-order valence-electron chi connectivity index (χ2n) is 3.47. The number of aliphatic hydroxyl groups is 1. The summed E-state index contributed by atoms with van der Waals surface area (Å²) in [6, 6.07) is 14.1. The van der Waals surface area contributed by atoms with Gasteiger partial charge in [-0.15, -0.1) is 0 Å². The van der Waals surface area contributed by atoms with Crippen LogP contribution in [0.1, 0.15) is 5.56 Å². The minimum atomic E-state index is 0.0539. The summed E-state index contributed by atoms with van der Waals surface area (Å²) in [4.78, 5) is 2.24. The zero-order chi connectivity index (χ0) is 12.3. The zero-order valence-corrected chi connectivity index (χ0v) is 12.8. The topological polar surface area (TPSA) is 20.2 Å². The lowest BCUT2D eigenvalue weighted by Crippen LogP contribution is -1.87. The molecule has 0 heterocycles. The Bertz CT molecular complexity index is 511. The molecule has 1 nitrogen and oxygen atoms in total. The maximum absolute atomic E-state index is 9.32. The Morgan fingerprint density at radius 1 is 0.941 bits per heavy atom. The number of rotatable bonds is 3. The van der Waals surface area contributed by atoms with E-state index in [0.29, 0.717) is 0 Å². The van der Waals surface area contributed by atoms with Gasteiger partial charge in [0.2, 0.25) is 0 Å². The minimum Gasteiger partial charge on any atom is -0.392 e. The number of hydrogen-bond donors (Lipinski definition) is 1. The largest absolute Gasteiger partial charge is 0.392 e. The molecular weight excluding hydrogens is 364 g/mol. The normalized spacial score (nSPS) is 10.5. The van der Waals surface area contributed by atoms with Gasteiger partial charge in [0.25, 0.3) is 0 Å². The summed E-state index contributed by atoms with van der Waals surface area (Å²) in [5, 5.41) is 9.32. The van der Waals surface area contributed by atoms with Crippen LogP contribution in [0, 0.1) is 0 Å². The highest BCUT2D eigenvalue weighted by Gasteiger charge is 2.04. The smallest absolute Gasteiger partial charge is 0.0693 e. The summed E-state index contributed by atoms with van der Waals surface area (Å²) in [5.41, 5.74) is 0.937. The number of halogens is 2. The molecule has 0 radical (unpaired) electrons. The molecule has 0 saturated carbocycles. The van der Waals surface area contributed by atoms with E-state index in [1.165, 1.54) is 0 Å². The van der Waals surface area contributed by atoms with Gasteiger partial charge in [0.05, 0.1) is 6.61 Å². The highest BCUT2D eigenvalue weighted by Crippen LogP contribution is 2.32. The van der Waals surface area contributed by atoms with Crippen LogP contribution in [-0.4, -0.2) is 5.11 Å². The van der Waals surface area contributed by atoms with E-state index in [2.05, 4.69) is 44.0 Å². The van der Waals surface area contributed by atoms with Gasteiger partial charge in [0, 0.05) is 18.7 Å². The van der Waals surface area contributed by atoms with E-state index < -0.39 is 0 Å². The molecule has 0 aromatic heterocycles. The van der Waals surface area contributed by atoms with E-state index in [9.17, 15) is 5.11 Å². The van der Waals surface area contributed by atoms with Crippen molar-refractivity contribution in [3.05, 3.63) is 57.0 Å². The van der Waals surface area contributed by atoms with Crippen molar-refractivity contribution in [3.63, 3.8) is 0 Å². The predicted octanol–water partition coefficient (Wildman–Crippen LogP) is 4.86. The molecule has 0 fully saturated rings. The molecule has 0 amide bonds. The van der Waals surface area contributed by atoms with Gasteiger partial charge in [-0.05, 0) is 48.0 Å². The molecule has 0 unspecified atom stereocenters. The molecule has 0 bridgehead atoms. The highest BCUT2D eigenvalue weighted by molar-refractivity contribution is 9.10. The standard InChI is InChI=1S/C13H10Br2OS/c14-10-1-4-12(5-2-10)17-13-6-3-11(15)7-9(13)8-16/h1-7,16H,8H2. The average molecular weight is 374 g/mol. The molecule has 1 N–H and O–H groups in total. The molecule has 0 aliphatic rings. The zero-order valence-electron chi connectivity index (χ0n) is 8.86. The van der Waals surface area contributed by atoms with Gasteiger partial charge in [-0.1, -0.05) is 43.6 Å². The average Bonchev–Trinajstić information content (AvgIpc) is 2.34. The van der Waals surface area contributed by atoms with Gasteiger partial charge >= 0.3 is 0 Å². The van der Waals surface area contributed by atoms with Crippen LogP contribution in [0.3, 0.4) is 0 Å². The summed E-state index contributed by atoms with van der Waals surface area (Å²) >= 11 is 8.47. The number of hydrogen-bond acceptors (Lipinski definition) is 2. The van der Waals surface area contributed by atoms with E-state index in [1.807, 2.05) is 30.3 Å². The maximum Gasteiger partial charge on any atom is 0.0693 e. The van der Waals surface area contributed by atoms with Crippen molar-refractivity contribution in [2.75, 3.05) is 0 Å². The number of benzene rings is 2. The van der Waals surface area contributed by atoms with Gasteiger partial charge in [0.15, 0.2) is 0 Å². The van der Waals surface area contributed by atoms with Gasteiger partial charge in [-0.2, -0.15) is 0 Å². The minimum absolute atomic E-state index is 0.0539. The second-order valence-corrected chi connectivity index (χ2v) is 6.41. The SMILES string of the molecule is OCc1cc(Br)ccc1Sc1ccc(Br)cc1. The van der Waals surface area contributed by atoms with Crippen molar-refractivity contribution >= 4 is 43.6 Å². The second kappa shape index (κ2) is 6.05. The first-order valence-electron chi connectivity index (χ1n) is 5.02.